The van der Waals surface area contributed by atoms with Crippen LogP contribution in [0.3, 0.4) is 0 Å². The van der Waals surface area contributed by atoms with Gasteiger partial charge in [0.05, 0.1) is 0 Å². The lowest BCUT2D eigenvalue weighted by molar-refractivity contribution is 0.372. The van der Waals surface area contributed by atoms with E-state index in [1.165, 1.54) is 0 Å². The topological polar surface area (TPSA) is 101 Å². The predicted octanol–water partition coefficient (Wildman–Crippen LogP) is 1.91. The second-order valence-electron chi connectivity index (χ2n) is 14.1. The summed E-state index contributed by atoms with van der Waals surface area (Å²) in [5.74, 6) is -4.06. The van der Waals surface area contributed by atoms with Crippen molar-refractivity contribution in [2.24, 2.45) is 0 Å². The monoisotopic (exact) mass is 748 g/mol. The van der Waals surface area contributed by atoms with E-state index >= 15 is 0 Å². The Morgan fingerprint density at radius 1 is 0.310 bits per heavy atom. The average molecular weight is 747 g/mol. The van der Waals surface area contributed by atoms with Crippen LogP contribution in [-0.4, -0.2) is 88.3 Å². The summed E-state index contributed by atoms with van der Waals surface area (Å²) < 4.78 is 2.26. The van der Waals surface area contributed by atoms with E-state index in [9.17, 15) is 25.5 Å². The number of rotatable bonds is 4. The summed E-state index contributed by atoms with van der Waals surface area (Å²) >= 11 is 1.71. The van der Waals surface area contributed by atoms with Gasteiger partial charge in [-0.2, -0.15) is 0 Å². The lowest BCUT2D eigenvalue weighted by Crippen LogP contribution is -2.41. The minimum absolute atomic E-state index is 0.0907. The van der Waals surface area contributed by atoms with Gasteiger partial charge in [-0.15, -0.1) is 22.3 Å². The zero-order valence-electron chi connectivity index (χ0n) is 30.4. The highest BCUT2D eigenvalue weighted by atomic mass is 32.1. The van der Waals surface area contributed by atoms with Gasteiger partial charge in [0.15, 0.2) is 17.2 Å². The van der Waals surface area contributed by atoms with Gasteiger partial charge in [0.25, 0.3) is 0 Å². The van der Waals surface area contributed by atoms with Crippen molar-refractivity contribution >= 4 is 160 Å². The molecule has 5 N–H and O–H groups in total. The number of hydrogen-bond donors (Lipinski definition) is 5. The van der Waals surface area contributed by atoms with E-state index < -0.39 is 39.7 Å². The van der Waals surface area contributed by atoms with E-state index in [0.717, 1.165) is 42.4 Å². The highest BCUT2D eigenvalue weighted by Crippen LogP contribution is 2.49. The summed E-state index contributed by atoms with van der Waals surface area (Å²) in [6.07, 6.45) is 0. The van der Waals surface area contributed by atoms with Crippen LogP contribution in [0.15, 0.2) is 91.0 Å². The van der Waals surface area contributed by atoms with Gasteiger partial charge in [0.2, 0.25) is 0 Å². The van der Waals surface area contributed by atoms with Gasteiger partial charge in [-0.3, -0.25) is 0 Å². The summed E-state index contributed by atoms with van der Waals surface area (Å²) in [5, 5.41) is 58.1. The molecule has 0 saturated heterocycles. The molecular weight excluding hydrogens is 727 g/mol. The molecule has 1 aromatic heterocycles. The van der Waals surface area contributed by atoms with Crippen LogP contribution in [0.25, 0.3) is 86.2 Å². The number of fused-ring (bicyclic) bond motifs is 5. The summed E-state index contributed by atoms with van der Waals surface area (Å²) in [6.45, 7) is 0. The molecule has 9 aromatic rings. The van der Waals surface area contributed by atoms with E-state index in [-0.39, 0.29) is 71.0 Å². The predicted molar refractivity (Wildman–Crippen MR) is 248 cm³/mol. The first-order chi connectivity index (χ1) is 27.7. The number of benzene rings is 8. The van der Waals surface area contributed by atoms with Crippen LogP contribution >= 0.6 is 11.3 Å². The maximum Gasteiger partial charge on any atom is 0.199 e. The molecule has 8 aromatic carbocycles. The fraction of sp³-hybridized carbons (Fsp3) is 0. The summed E-state index contributed by atoms with van der Waals surface area (Å²) in [7, 11) is 52.0. The molecule has 9 rings (SSSR count). The molecule has 0 aliphatic carbocycles. The molecular formula is C44H20B8O5S. The Labute approximate surface area is 347 Å². The zero-order chi connectivity index (χ0) is 41.1. The maximum atomic E-state index is 11.9. The zero-order valence-corrected chi connectivity index (χ0v) is 31.2. The molecule has 0 amide bonds. The van der Waals surface area contributed by atoms with Crippen LogP contribution in [0.2, 0.25) is 0 Å². The van der Waals surface area contributed by atoms with E-state index in [1.54, 1.807) is 11.3 Å². The molecule has 0 fully saturated rings. The van der Waals surface area contributed by atoms with Crippen molar-refractivity contribution in [3.05, 3.63) is 91.0 Å². The Morgan fingerprint density at radius 3 is 1.36 bits per heavy atom. The lowest BCUT2D eigenvalue weighted by atomic mass is 9.63. The minimum atomic E-state index is -0.995. The van der Waals surface area contributed by atoms with Crippen LogP contribution in [0.4, 0.5) is 0 Å². The molecule has 0 atom stereocenters. The van der Waals surface area contributed by atoms with Gasteiger partial charge in [-0.25, -0.2) is 0 Å². The maximum absolute atomic E-state index is 11.9. The fourth-order valence-corrected chi connectivity index (χ4v) is 9.30. The quantitative estimate of drug-likeness (QED) is 0.108. The van der Waals surface area contributed by atoms with E-state index in [4.69, 9.17) is 62.8 Å². The molecule has 256 valence electrons. The Hall–Kier alpha value is -5.98. The molecule has 0 unspecified atom stereocenters. The van der Waals surface area contributed by atoms with E-state index in [1.807, 2.05) is 54.6 Å². The first-order valence-corrected chi connectivity index (χ1v) is 18.6. The highest BCUT2D eigenvalue weighted by molar-refractivity contribution is 7.26. The van der Waals surface area contributed by atoms with Crippen molar-refractivity contribution in [1.29, 1.82) is 0 Å². The van der Waals surface area contributed by atoms with Gasteiger partial charge in [0.1, 0.15) is 74.3 Å². The van der Waals surface area contributed by atoms with Crippen LogP contribution in [0, 0.1) is 0 Å². The molecule has 0 aliphatic heterocycles. The number of phenols is 5. The molecule has 58 heavy (non-hydrogen) atoms. The van der Waals surface area contributed by atoms with Gasteiger partial charge >= 0.3 is 0 Å². The third-order valence-electron chi connectivity index (χ3n) is 11.0. The summed E-state index contributed by atoms with van der Waals surface area (Å²) in [6, 6.07) is 30.2. The van der Waals surface area contributed by atoms with Crippen molar-refractivity contribution in [2.75, 3.05) is 0 Å². The summed E-state index contributed by atoms with van der Waals surface area (Å²) in [4.78, 5) is 0. The number of thiophene rings is 1. The standard InChI is InChI=1S/C44H20B8O5S/c45-32-27-24(18-12-10-17(11-13-18)23-19(16-6-2-1-3-7-16)14-15-22-25(23)20-8-4-5-9-21(20)58-22)28-30(41(54)39(52)37(50)33(28)46)26(29(27)40(53)38(51)36(32)49)31-34(47)42(55)44(57)43(56)35(31)48/h1-15,53-57H. The number of aromatic hydroxyl groups is 5. The first-order valence-electron chi connectivity index (χ1n) is 17.8. The van der Waals surface area contributed by atoms with Crippen LogP contribution < -0.4 is 43.7 Å². The van der Waals surface area contributed by atoms with E-state index in [0.29, 0.717) is 5.56 Å². The van der Waals surface area contributed by atoms with Gasteiger partial charge in [-0.1, -0.05) is 101 Å². The summed E-state index contributed by atoms with van der Waals surface area (Å²) in [5.41, 5.74) is 2.00. The van der Waals surface area contributed by atoms with Crippen molar-refractivity contribution < 1.29 is 25.5 Å². The van der Waals surface area contributed by atoms with Gasteiger partial charge < -0.3 is 25.5 Å². The van der Waals surface area contributed by atoms with Crippen LogP contribution in [0.5, 0.6) is 28.7 Å². The molecule has 0 saturated carbocycles. The third kappa shape index (κ3) is 5.20. The lowest BCUT2D eigenvalue weighted by Gasteiger charge is -2.28. The van der Waals surface area contributed by atoms with Gasteiger partial charge in [-0.05, 0) is 72.8 Å². The Balaban J connectivity index is 1.44. The normalized spacial score (nSPS) is 11.7. The first kappa shape index (κ1) is 37.6. The molecule has 1 heterocycles. The Bertz CT molecular complexity index is 3150. The van der Waals surface area contributed by atoms with Crippen LogP contribution in [-0.2, 0) is 0 Å². The SMILES string of the molecule is [B]c1c(O)c(O)c(O)c([B])c1-c1c2c(O)c([B])c([B])c([B])c2c(-c2ccc(-c3c(-c4ccccc4)ccc4sc5ccccc5c34)cc2)c2c([B])c([B])c([B])c(O)c12. The third-order valence-corrected chi connectivity index (χ3v) is 12.2. The molecule has 0 bridgehead atoms. The second-order valence-corrected chi connectivity index (χ2v) is 15.2. The van der Waals surface area contributed by atoms with E-state index in [2.05, 4.69) is 36.4 Å². The average Bonchev–Trinajstić information content (AvgIpc) is 3.63. The smallest absolute Gasteiger partial charge is 0.199 e. The molecule has 0 aliphatic rings. The number of phenolic OH excluding ortho intramolecular Hbond substituents is 5. The number of hydrogen-bond acceptors (Lipinski definition) is 6. The molecule has 16 radical (unpaired) electrons. The van der Waals surface area contributed by atoms with Crippen molar-refractivity contribution in [3.8, 4) is 73.3 Å². The van der Waals surface area contributed by atoms with Crippen molar-refractivity contribution in [1.82, 2.24) is 0 Å². The highest BCUT2D eigenvalue weighted by Gasteiger charge is 2.30. The Morgan fingerprint density at radius 2 is 0.810 bits per heavy atom. The largest absolute Gasteiger partial charge is 0.508 e. The molecule has 5 nitrogen and oxygen atoms in total. The minimum Gasteiger partial charge on any atom is -0.508 e. The molecule has 0 spiro atoms. The van der Waals surface area contributed by atoms with Crippen molar-refractivity contribution in [3.63, 3.8) is 0 Å². The van der Waals surface area contributed by atoms with Crippen molar-refractivity contribution in [2.45, 2.75) is 0 Å². The second kappa shape index (κ2) is 13.6. The Kier molecular flexibility index (Phi) is 8.79. The van der Waals surface area contributed by atoms with Gasteiger partial charge in [0, 0.05) is 36.5 Å². The van der Waals surface area contributed by atoms with Crippen LogP contribution in [0.1, 0.15) is 0 Å². The molecule has 14 heteroatoms. The fourth-order valence-electron chi connectivity index (χ4n) is 8.18.